The van der Waals surface area contributed by atoms with Crippen molar-refractivity contribution in [3.63, 3.8) is 0 Å². The lowest BCUT2D eigenvalue weighted by Crippen LogP contribution is -2.25. The summed E-state index contributed by atoms with van der Waals surface area (Å²) in [5.74, 6) is -0.555. The van der Waals surface area contributed by atoms with Crippen LogP contribution in [0.5, 0.6) is 0 Å². The zero-order valence-electron chi connectivity index (χ0n) is 6.04. The van der Waals surface area contributed by atoms with Crippen molar-refractivity contribution in [1.82, 2.24) is 5.48 Å². The molecule has 2 amide bonds. The van der Waals surface area contributed by atoms with Gasteiger partial charge >= 0.3 is 6.03 Å². The van der Waals surface area contributed by atoms with Crippen molar-refractivity contribution in [3.05, 3.63) is 30.1 Å². The summed E-state index contributed by atoms with van der Waals surface area (Å²) in [7, 11) is 0. The van der Waals surface area contributed by atoms with Gasteiger partial charge in [-0.1, -0.05) is 12.1 Å². The second-order valence-electron chi connectivity index (χ2n) is 2.05. The number of para-hydroxylation sites is 1. The second-order valence-corrected chi connectivity index (χ2v) is 2.05. The van der Waals surface area contributed by atoms with Crippen molar-refractivity contribution in [3.8, 4) is 0 Å². The van der Waals surface area contributed by atoms with Gasteiger partial charge in [0.1, 0.15) is 5.82 Å². The number of nitrogens with one attached hydrogen (secondary N) is 2. The molecule has 1 rings (SSSR count). The molecule has 0 fully saturated rings. The van der Waals surface area contributed by atoms with E-state index < -0.39 is 11.8 Å². The molecule has 0 saturated carbocycles. The minimum Gasteiger partial charge on any atom is -0.303 e. The van der Waals surface area contributed by atoms with E-state index >= 15 is 0 Å². The fraction of sp³-hybridized carbons (Fsp3) is 0. The van der Waals surface area contributed by atoms with Gasteiger partial charge in [0.05, 0.1) is 5.69 Å². The molecule has 0 aliphatic carbocycles. The molecular formula is C7H7FN2O2. The lowest BCUT2D eigenvalue weighted by molar-refractivity contribution is 0.172. The predicted octanol–water partition coefficient (Wildman–Crippen LogP) is 1.34. The molecule has 0 radical (unpaired) electrons. The lowest BCUT2D eigenvalue weighted by Gasteiger charge is -2.03. The molecule has 3 N–H and O–H groups in total. The van der Waals surface area contributed by atoms with Crippen molar-refractivity contribution < 1.29 is 14.4 Å². The van der Waals surface area contributed by atoms with Crippen LogP contribution >= 0.6 is 0 Å². The minimum atomic E-state index is -0.875. The fourth-order valence-corrected chi connectivity index (χ4v) is 0.713. The number of rotatable bonds is 1. The Hall–Kier alpha value is -1.62. The van der Waals surface area contributed by atoms with Crippen LogP contribution in [0.3, 0.4) is 0 Å². The van der Waals surface area contributed by atoms with E-state index in [1.807, 2.05) is 0 Å². The van der Waals surface area contributed by atoms with Gasteiger partial charge in [-0.15, -0.1) is 0 Å². The van der Waals surface area contributed by atoms with Gasteiger partial charge < -0.3 is 5.32 Å². The van der Waals surface area contributed by atoms with Gasteiger partial charge in [-0.3, -0.25) is 5.21 Å². The van der Waals surface area contributed by atoms with Crippen LogP contribution in [0.25, 0.3) is 0 Å². The van der Waals surface area contributed by atoms with E-state index in [2.05, 4.69) is 5.32 Å². The SMILES string of the molecule is O=C(NO)Nc1ccccc1F. The molecule has 0 heterocycles. The maximum Gasteiger partial charge on any atom is 0.343 e. The van der Waals surface area contributed by atoms with Crippen LogP contribution in [0.1, 0.15) is 0 Å². The number of carbonyl (C=O) groups excluding carboxylic acids is 1. The Labute approximate surface area is 68.0 Å². The average molecular weight is 170 g/mol. The van der Waals surface area contributed by atoms with E-state index in [0.29, 0.717) is 0 Å². The smallest absolute Gasteiger partial charge is 0.303 e. The molecule has 4 nitrogen and oxygen atoms in total. The van der Waals surface area contributed by atoms with Gasteiger partial charge in [0.2, 0.25) is 0 Å². The number of hydrogen-bond donors (Lipinski definition) is 3. The Morgan fingerprint density at radius 3 is 2.67 bits per heavy atom. The van der Waals surface area contributed by atoms with E-state index in [-0.39, 0.29) is 5.69 Å². The van der Waals surface area contributed by atoms with E-state index in [1.54, 1.807) is 6.07 Å². The van der Waals surface area contributed by atoms with E-state index in [1.165, 1.54) is 23.7 Å². The zero-order valence-corrected chi connectivity index (χ0v) is 6.04. The topological polar surface area (TPSA) is 61.4 Å². The third kappa shape index (κ3) is 1.93. The highest BCUT2D eigenvalue weighted by molar-refractivity contribution is 5.88. The highest BCUT2D eigenvalue weighted by Crippen LogP contribution is 2.11. The number of halogens is 1. The quantitative estimate of drug-likeness (QED) is 0.440. The lowest BCUT2D eigenvalue weighted by atomic mass is 10.3. The molecule has 64 valence electrons. The summed E-state index contributed by atoms with van der Waals surface area (Å²) in [4.78, 5) is 10.5. The van der Waals surface area contributed by atoms with Gasteiger partial charge in [0.25, 0.3) is 0 Å². The van der Waals surface area contributed by atoms with Crippen molar-refractivity contribution >= 4 is 11.7 Å². The number of hydroxylamine groups is 1. The van der Waals surface area contributed by atoms with Gasteiger partial charge in [-0.05, 0) is 12.1 Å². The van der Waals surface area contributed by atoms with Crippen LogP contribution in [-0.4, -0.2) is 11.2 Å². The molecule has 0 aliphatic heterocycles. The summed E-state index contributed by atoms with van der Waals surface area (Å²) in [6.07, 6.45) is 0. The molecule has 0 aliphatic rings. The molecule has 12 heavy (non-hydrogen) atoms. The zero-order chi connectivity index (χ0) is 8.97. The Bertz CT molecular complexity index is 290. The molecule has 5 heteroatoms. The van der Waals surface area contributed by atoms with Crippen LogP contribution in [0.15, 0.2) is 24.3 Å². The molecule has 0 saturated heterocycles. The van der Waals surface area contributed by atoms with E-state index in [0.717, 1.165) is 0 Å². The first-order valence-corrected chi connectivity index (χ1v) is 3.19. The number of anilines is 1. The summed E-state index contributed by atoms with van der Waals surface area (Å²) in [6.45, 7) is 0. The monoisotopic (exact) mass is 170 g/mol. The molecule has 0 atom stereocenters. The molecular weight excluding hydrogens is 163 g/mol. The standard InChI is InChI=1S/C7H7FN2O2/c8-5-3-1-2-4-6(5)9-7(11)10-12/h1-4,12H,(H2,9,10,11). The highest BCUT2D eigenvalue weighted by atomic mass is 19.1. The summed E-state index contributed by atoms with van der Waals surface area (Å²) in [5.41, 5.74) is 1.34. The summed E-state index contributed by atoms with van der Waals surface area (Å²) < 4.78 is 12.8. The maximum absolute atomic E-state index is 12.8. The van der Waals surface area contributed by atoms with Gasteiger partial charge in [-0.25, -0.2) is 14.7 Å². The molecule has 0 unspecified atom stereocenters. The first-order valence-electron chi connectivity index (χ1n) is 3.19. The Morgan fingerprint density at radius 1 is 1.42 bits per heavy atom. The van der Waals surface area contributed by atoms with E-state index in [4.69, 9.17) is 5.21 Å². The largest absolute Gasteiger partial charge is 0.343 e. The fourth-order valence-electron chi connectivity index (χ4n) is 0.713. The Kier molecular flexibility index (Phi) is 2.60. The summed E-state index contributed by atoms with van der Waals surface area (Å²) in [5, 5.41) is 10.2. The Balaban J connectivity index is 2.75. The normalized spacial score (nSPS) is 9.17. The average Bonchev–Trinajstić information content (AvgIpc) is 2.09. The summed E-state index contributed by atoms with van der Waals surface area (Å²) in [6, 6.07) is 4.77. The highest BCUT2D eigenvalue weighted by Gasteiger charge is 2.03. The molecule has 1 aromatic rings. The van der Waals surface area contributed by atoms with Gasteiger partial charge in [0.15, 0.2) is 0 Å². The molecule has 0 spiro atoms. The number of hydrogen-bond acceptors (Lipinski definition) is 2. The maximum atomic E-state index is 12.8. The minimum absolute atomic E-state index is 0.0176. The van der Waals surface area contributed by atoms with Crippen LogP contribution in [0.2, 0.25) is 0 Å². The van der Waals surface area contributed by atoms with Gasteiger partial charge in [0, 0.05) is 0 Å². The van der Waals surface area contributed by atoms with Crippen LogP contribution < -0.4 is 10.8 Å². The first-order chi connectivity index (χ1) is 5.74. The molecule has 0 bridgehead atoms. The van der Waals surface area contributed by atoms with E-state index in [9.17, 15) is 9.18 Å². The van der Waals surface area contributed by atoms with Crippen molar-refractivity contribution in [2.24, 2.45) is 0 Å². The number of urea groups is 1. The Morgan fingerprint density at radius 2 is 2.08 bits per heavy atom. The molecule has 1 aromatic carbocycles. The van der Waals surface area contributed by atoms with Crippen LogP contribution in [0, 0.1) is 5.82 Å². The number of amides is 2. The third-order valence-corrected chi connectivity index (χ3v) is 1.22. The van der Waals surface area contributed by atoms with Crippen molar-refractivity contribution in [1.29, 1.82) is 0 Å². The number of benzene rings is 1. The molecule has 0 aromatic heterocycles. The van der Waals surface area contributed by atoms with Crippen LogP contribution in [0.4, 0.5) is 14.9 Å². The predicted molar refractivity (Wildman–Crippen MR) is 40.3 cm³/mol. The van der Waals surface area contributed by atoms with Crippen molar-refractivity contribution in [2.45, 2.75) is 0 Å². The first kappa shape index (κ1) is 8.48. The van der Waals surface area contributed by atoms with Crippen LogP contribution in [-0.2, 0) is 0 Å². The second kappa shape index (κ2) is 3.68. The third-order valence-electron chi connectivity index (χ3n) is 1.22. The van der Waals surface area contributed by atoms with Gasteiger partial charge in [-0.2, -0.15) is 0 Å². The summed E-state index contributed by atoms with van der Waals surface area (Å²) >= 11 is 0. The number of carbonyl (C=O) groups is 1. The van der Waals surface area contributed by atoms with Crippen molar-refractivity contribution in [2.75, 3.05) is 5.32 Å².